The van der Waals surface area contributed by atoms with Crippen molar-refractivity contribution in [1.82, 2.24) is 4.98 Å². The van der Waals surface area contributed by atoms with Gasteiger partial charge in [-0.05, 0) is 23.8 Å². The molecule has 8 nitrogen and oxygen atoms in total. The molecule has 0 bridgehead atoms. The molecule has 0 aliphatic carbocycles. The van der Waals surface area contributed by atoms with Crippen LogP contribution in [0.5, 0.6) is 0 Å². The van der Waals surface area contributed by atoms with Gasteiger partial charge in [0.1, 0.15) is 0 Å². The van der Waals surface area contributed by atoms with Gasteiger partial charge in [-0.2, -0.15) is 8.42 Å². The number of rotatable bonds is 8. The summed E-state index contributed by atoms with van der Waals surface area (Å²) in [5, 5.41) is 0.559. The number of methoxy groups -OCH3 is 1. The molecule has 0 atom stereocenters. The number of carbonyl (C=O) groups is 1. The topological polar surface area (TPSA) is 100 Å². The highest BCUT2D eigenvalue weighted by molar-refractivity contribution is 7.87. The number of halogens is 1. The zero-order valence-electron chi connectivity index (χ0n) is 17.6. The number of para-hydroxylation sites is 1. The number of aromatic nitrogens is 1. The van der Waals surface area contributed by atoms with Crippen LogP contribution in [0.1, 0.15) is 10.4 Å². The van der Waals surface area contributed by atoms with Crippen molar-refractivity contribution < 1.29 is 22.5 Å². The van der Waals surface area contributed by atoms with E-state index in [4.69, 9.17) is 16.3 Å². The largest absolute Gasteiger partial charge is 0.469 e. The van der Waals surface area contributed by atoms with E-state index in [1.165, 1.54) is 7.11 Å². The Morgan fingerprint density at radius 3 is 2.41 bits per heavy atom. The minimum absolute atomic E-state index is 0.0323. The van der Waals surface area contributed by atoms with Gasteiger partial charge in [0, 0.05) is 35.2 Å². The summed E-state index contributed by atoms with van der Waals surface area (Å²) in [4.78, 5) is 18.8. The lowest BCUT2D eigenvalue weighted by atomic mass is 10.1. The Hall–Kier alpha value is -2.66. The molecule has 1 aromatic heterocycles. The molecule has 0 fully saturated rings. The highest BCUT2D eigenvalue weighted by Gasteiger charge is 2.27. The van der Waals surface area contributed by atoms with Crippen LogP contribution in [0.25, 0.3) is 11.3 Å². The van der Waals surface area contributed by atoms with Crippen LogP contribution in [0, 0.1) is 0 Å². The maximum atomic E-state index is 12.3. The van der Waals surface area contributed by atoms with Gasteiger partial charge in [-0.25, -0.2) is 9.29 Å². The third-order valence-electron chi connectivity index (χ3n) is 4.62. The number of hydrogen-bond donors (Lipinski definition) is 1. The molecule has 0 unspecified atom stereocenters. The molecule has 0 spiro atoms. The molecule has 32 heavy (non-hydrogen) atoms. The third-order valence-corrected chi connectivity index (χ3v) is 6.92. The Labute approximate surface area is 195 Å². The summed E-state index contributed by atoms with van der Waals surface area (Å²) < 4.78 is 40.2. The third kappa shape index (κ3) is 5.57. The average Bonchev–Trinajstić information content (AvgIpc) is 3.14. The van der Waals surface area contributed by atoms with Crippen LogP contribution in [0.15, 0.2) is 48.5 Å². The Balaban J connectivity index is 2.10. The number of nitrogens with zero attached hydrogens (tertiary/aromatic N) is 3. The summed E-state index contributed by atoms with van der Waals surface area (Å²) in [6, 6.07) is 14.0. The predicted octanol–water partition coefficient (Wildman–Crippen LogP) is 4.05. The minimum atomic E-state index is -4.66. The molecule has 0 aliphatic rings. The van der Waals surface area contributed by atoms with Gasteiger partial charge < -0.3 is 9.64 Å². The number of benzene rings is 2. The molecular weight excluding hydrogens is 474 g/mol. The smallest absolute Gasteiger partial charge is 0.362 e. The molecule has 1 heterocycles. The molecule has 3 rings (SSSR count). The molecule has 170 valence electrons. The summed E-state index contributed by atoms with van der Waals surface area (Å²) in [5.74, 6) is -0.494. The van der Waals surface area contributed by atoms with Gasteiger partial charge in [-0.3, -0.25) is 9.35 Å². The lowest BCUT2D eigenvalue weighted by Gasteiger charge is -2.22. The predicted molar refractivity (Wildman–Crippen MR) is 127 cm³/mol. The van der Waals surface area contributed by atoms with Crippen LogP contribution in [0.4, 0.5) is 10.8 Å². The molecule has 1 N–H and O–H groups in total. The average molecular weight is 496 g/mol. The van der Waals surface area contributed by atoms with E-state index in [9.17, 15) is 17.8 Å². The van der Waals surface area contributed by atoms with Gasteiger partial charge in [0.25, 0.3) is 0 Å². The second-order valence-corrected chi connectivity index (χ2v) is 9.87. The summed E-state index contributed by atoms with van der Waals surface area (Å²) in [6.07, 6.45) is -0.0975. The van der Waals surface area contributed by atoms with Crippen LogP contribution in [0.2, 0.25) is 5.02 Å². The Kier molecular flexibility index (Phi) is 7.40. The lowest BCUT2D eigenvalue weighted by molar-refractivity contribution is -0.139. The van der Waals surface area contributed by atoms with E-state index in [2.05, 4.69) is 4.98 Å². The second kappa shape index (κ2) is 9.86. The SMILES string of the molecule is COC(=O)Cc1sc(N(Cc2ccccc2N(C)C)S(=O)(=O)O)nc1-c1ccc(Cl)cc1. The summed E-state index contributed by atoms with van der Waals surface area (Å²) in [6.45, 7) is -0.140. The van der Waals surface area contributed by atoms with Crippen molar-refractivity contribution in [3.05, 3.63) is 64.0 Å². The van der Waals surface area contributed by atoms with E-state index in [1.54, 1.807) is 36.4 Å². The van der Waals surface area contributed by atoms with Crippen LogP contribution in [0.3, 0.4) is 0 Å². The molecule has 0 saturated heterocycles. The number of carbonyl (C=O) groups excluding carboxylic acids is 1. The second-order valence-electron chi connectivity index (χ2n) is 7.04. The molecule has 2 aromatic carbocycles. The van der Waals surface area contributed by atoms with Crippen LogP contribution < -0.4 is 9.21 Å². The fraction of sp³-hybridized carbons (Fsp3) is 0.238. The van der Waals surface area contributed by atoms with Crippen LogP contribution >= 0.6 is 22.9 Å². The van der Waals surface area contributed by atoms with Gasteiger partial charge in [-0.15, -0.1) is 0 Å². The number of esters is 1. The maximum Gasteiger partial charge on any atom is 0.362 e. The van der Waals surface area contributed by atoms with Gasteiger partial charge in [0.05, 0.1) is 25.8 Å². The highest BCUT2D eigenvalue weighted by atomic mass is 35.5. The zero-order chi connectivity index (χ0) is 23.5. The van der Waals surface area contributed by atoms with Crippen molar-refractivity contribution in [3.8, 4) is 11.3 Å². The maximum absolute atomic E-state index is 12.3. The number of ether oxygens (including phenoxy) is 1. The standard InChI is InChI=1S/C21H22ClN3O5S2/c1-24(2)17-7-5-4-6-15(17)13-25(32(27,28)29)21-23-20(14-8-10-16(22)11-9-14)18(31-21)12-19(26)30-3/h4-11H,12-13H2,1-3H3,(H,27,28,29). The van der Waals surface area contributed by atoms with E-state index in [-0.39, 0.29) is 18.1 Å². The van der Waals surface area contributed by atoms with Crippen molar-refractivity contribution in [2.45, 2.75) is 13.0 Å². The van der Waals surface area contributed by atoms with E-state index >= 15 is 0 Å². The monoisotopic (exact) mass is 495 g/mol. The fourth-order valence-electron chi connectivity index (χ4n) is 3.09. The summed E-state index contributed by atoms with van der Waals surface area (Å²) in [7, 11) is 0.294. The molecule has 0 saturated carbocycles. The van der Waals surface area contributed by atoms with E-state index in [1.807, 2.05) is 31.1 Å². The van der Waals surface area contributed by atoms with Gasteiger partial charge >= 0.3 is 16.3 Å². The van der Waals surface area contributed by atoms with Crippen LogP contribution in [-0.2, 0) is 32.8 Å². The lowest BCUT2D eigenvalue weighted by Crippen LogP contribution is -2.30. The zero-order valence-corrected chi connectivity index (χ0v) is 20.0. The molecule has 0 amide bonds. The van der Waals surface area contributed by atoms with Crippen molar-refractivity contribution in [1.29, 1.82) is 0 Å². The Morgan fingerprint density at radius 1 is 1.16 bits per heavy atom. The summed E-state index contributed by atoms with van der Waals surface area (Å²) in [5.41, 5.74) is 2.54. The molecular formula is C21H22ClN3O5S2. The first kappa shape index (κ1) is 24.0. The van der Waals surface area contributed by atoms with Crippen molar-refractivity contribution in [2.75, 3.05) is 30.4 Å². The first-order valence-corrected chi connectivity index (χ1v) is 12.0. The molecule has 11 heteroatoms. The van der Waals surface area contributed by atoms with Gasteiger partial charge in [0.2, 0.25) is 5.13 Å². The molecule has 0 radical (unpaired) electrons. The van der Waals surface area contributed by atoms with Crippen LogP contribution in [-0.4, -0.2) is 45.1 Å². The van der Waals surface area contributed by atoms with Crippen molar-refractivity contribution in [3.63, 3.8) is 0 Å². The number of hydrogen-bond acceptors (Lipinski definition) is 7. The van der Waals surface area contributed by atoms with Gasteiger partial charge in [-0.1, -0.05) is 53.3 Å². The van der Waals surface area contributed by atoms with Crippen molar-refractivity contribution >= 4 is 50.0 Å². The highest BCUT2D eigenvalue weighted by Crippen LogP contribution is 2.36. The number of anilines is 2. The van der Waals surface area contributed by atoms with E-state index in [0.717, 1.165) is 21.3 Å². The number of thiazole rings is 1. The Morgan fingerprint density at radius 2 is 1.81 bits per heavy atom. The Bertz CT molecular complexity index is 1210. The normalized spacial score (nSPS) is 11.3. The summed E-state index contributed by atoms with van der Waals surface area (Å²) >= 11 is 6.97. The minimum Gasteiger partial charge on any atom is -0.469 e. The molecule has 0 aliphatic heterocycles. The first-order chi connectivity index (χ1) is 15.1. The van der Waals surface area contributed by atoms with E-state index < -0.39 is 16.3 Å². The van der Waals surface area contributed by atoms with Gasteiger partial charge in [0.15, 0.2) is 0 Å². The quantitative estimate of drug-likeness (QED) is 0.371. The van der Waals surface area contributed by atoms with E-state index in [0.29, 0.717) is 26.7 Å². The fourth-order valence-corrected chi connectivity index (χ4v) is 5.12. The molecule has 3 aromatic rings. The van der Waals surface area contributed by atoms with Crippen molar-refractivity contribution in [2.24, 2.45) is 0 Å². The first-order valence-electron chi connectivity index (χ1n) is 9.43.